The van der Waals surface area contributed by atoms with Gasteiger partial charge in [0.2, 0.25) is 5.82 Å². The highest BCUT2D eigenvalue weighted by atomic mass is 32.1. The average Bonchev–Trinajstić information content (AvgIpc) is 3.47. The van der Waals surface area contributed by atoms with E-state index >= 15 is 0 Å². The first-order valence-corrected chi connectivity index (χ1v) is 9.32. The number of aromatic nitrogens is 2. The maximum atomic E-state index is 12.0. The summed E-state index contributed by atoms with van der Waals surface area (Å²) in [5.74, 6) is 1.96. The maximum Gasteiger partial charge on any atom is 0.306 e. The molecule has 4 rings (SSSR count). The number of thiophene rings is 1. The summed E-state index contributed by atoms with van der Waals surface area (Å²) < 4.78 is 16.1. The first-order chi connectivity index (χ1) is 13.3. The van der Waals surface area contributed by atoms with Crippen molar-refractivity contribution in [2.75, 3.05) is 0 Å². The Morgan fingerprint density at radius 1 is 1.07 bits per heavy atom. The van der Waals surface area contributed by atoms with E-state index in [2.05, 4.69) is 10.1 Å². The van der Waals surface area contributed by atoms with Crippen LogP contribution >= 0.6 is 11.3 Å². The zero-order chi connectivity index (χ0) is 18.5. The Morgan fingerprint density at radius 2 is 1.96 bits per heavy atom. The quantitative estimate of drug-likeness (QED) is 0.431. The lowest BCUT2D eigenvalue weighted by Crippen LogP contribution is -2.06. The third-order valence-electron chi connectivity index (χ3n) is 3.86. The average molecular weight is 380 g/mol. The van der Waals surface area contributed by atoms with Crippen molar-refractivity contribution in [3.8, 4) is 22.1 Å². The molecule has 0 bridgehead atoms. The lowest BCUT2D eigenvalue weighted by molar-refractivity contribution is -0.145. The lowest BCUT2D eigenvalue weighted by atomic mass is 10.2. The fourth-order valence-corrected chi connectivity index (χ4v) is 3.17. The van der Waals surface area contributed by atoms with E-state index in [1.54, 1.807) is 0 Å². The second-order valence-corrected chi connectivity index (χ2v) is 6.73. The van der Waals surface area contributed by atoms with Crippen LogP contribution in [0, 0.1) is 0 Å². The first kappa shape index (κ1) is 17.2. The SMILES string of the molecule is O=C(CCc1ccc(-c2ccccc2)o1)OCc1noc(-c2cccs2)n1. The van der Waals surface area contributed by atoms with Gasteiger partial charge in [-0.05, 0) is 23.6 Å². The Kier molecular flexibility index (Phi) is 5.11. The van der Waals surface area contributed by atoms with Gasteiger partial charge in [0.25, 0.3) is 5.89 Å². The lowest BCUT2D eigenvalue weighted by Gasteiger charge is -2.01. The number of furan rings is 1. The van der Waals surface area contributed by atoms with E-state index in [4.69, 9.17) is 13.7 Å². The molecular formula is C20H16N2O4S. The number of hydrogen-bond acceptors (Lipinski definition) is 7. The predicted molar refractivity (Wildman–Crippen MR) is 99.9 cm³/mol. The molecule has 0 amide bonds. The van der Waals surface area contributed by atoms with Crippen LogP contribution in [0.2, 0.25) is 0 Å². The van der Waals surface area contributed by atoms with E-state index in [9.17, 15) is 4.79 Å². The highest BCUT2D eigenvalue weighted by Gasteiger charge is 2.13. The van der Waals surface area contributed by atoms with Crippen molar-refractivity contribution in [1.29, 1.82) is 0 Å². The minimum Gasteiger partial charge on any atom is -0.461 e. The Labute approximate surface area is 159 Å². The number of carbonyl (C=O) groups is 1. The second-order valence-electron chi connectivity index (χ2n) is 5.79. The monoisotopic (exact) mass is 380 g/mol. The van der Waals surface area contributed by atoms with Crippen molar-refractivity contribution in [2.24, 2.45) is 0 Å². The molecule has 0 atom stereocenters. The van der Waals surface area contributed by atoms with E-state index in [0.717, 1.165) is 22.0 Å². The number of carbonyl (C=O) groups excluding carboxylic acids is 1. The van der Waals surface area contributed by atoms with Gasteiger partial charge in [-0.3, -0.25) is 4.79 Å². The second kappa shape index (κ2) is 8.01. The first-order valence-electron chi connectivity index (χ1n) is 8.44. The zero-order valence-corrected chi connectivity index (χ0v) is 15.1. The third-order valence-corrected chi connectivity index (χ3v) is 4.72. The molecule has 1 aromatic carbocycles. The number of benzene rings is 1. The molecule has 27 heavy (non-hydrogen) atoms. The van der Waals surface area contributed by atoms with Gasteiger partial charge in [0.05, 0.1) is 11.3 Å². The van der Waals surface area contributed by atoms with Crippen molar-refractivity contribution in [3.05, 3.63) is 71.6 Å². The number of rotatable bonds is 7. The molecule has 4 aromatic rings. The van der Waals surface area contributed by atoms with Crippen LogP contribution in [0.5, 0.6) is 0 Å². The van der Waals surface area contributed by atoms with Crippen molar-refractivity contribution < 1.29 is 18.5 Å². The smallest absolute Gasteiger partial charge is 0.306 e. The molecule has 0 N–H and O–H groups in total. The molecule has 0 aliphatic rings. The molecule has 0 aliphatic heterocycles. The molecule has 0 fully saturated rings. The number of ether oxygens (including phenoxy) is 1. The maximum absolute atomic E-state index is 12.0. The van der Waals surface area contributed by atoms with E-state index in [-0.39, 0.29) is 19.0 Å². The summed E-state index contributed by atoms with van der Waals surface area (Å²) >= 11 is 1.51. The van der Waals surface area contributed by atoms with Crippen LogP contribution < -0.4 is 0 Å². The molecule has 0 aliphatic carbocycles. The fourth-order valence-electron chi connectivity index (χ4n) is 2.53. The van der Waals surface area contributed by atoms with Crippen molar-refractivity contribution in [3.63, 3.8) is 0 Å². The number of esters is 1. The van der Waals surface area contributed by atoms with Crippen LogP contribution in [-0.4, -0.2) is 16.1 Å². The van der Waals surface area contributed by atoms with Crippen molar-refractivity contribution in [1.82, 2.24) is 10.1 Å². The summed E-state index contributed by atoms with van der Waals surface area (Å²) in [5.41, 5.74) is 1.00. The van der Waals surface area contributed by atoms with Crippen molar-refractivity contribution >= 4 is 17.3 Å². The molecule has 0 saturated heterocycles. The Bertz CT molecular complexity index is 1010. The largest absolute Gasteiger partial charge is 0.461 e. The summed E-state index contributed by atoms with van der Waals surface area (Å²) in [4.78, 5) is 17.1. The number of hydrogen-bond donors (Lipinski definition) is 0. The molecule has 0 saturated carbocycles. The van der Waals surface area contributed by atoms with Crippen LogP contribution in [0.1, 0.15) is 18.0 Å². The van der Waals surface area contributed by atoms with Gasteiger partial charge in [-0.15, -0.1) is 11.3 Å². The normalized spacial score (nSPS) is 10.8. The van der Waals surface area contributed by atoms with Crippen LogP contribution in [-0.2, 0) is 22.6 Å². The van der Waals surface area contributed by atoms with Crippen LogP contribution in [0.4, 0.5) is 0 Å². The van der Waals surface area contributed by atoms with Crippen LogP contribution in [0.15, 0.2) is 68.9 Å². The molecule has 6 nitrogen and oxygen atoms in total. The summed E-state index contributed by atoms with van der Waals surface area (Å²) in [5, 5.41) is 5.75. The summed E-state index contributed by atoms with van der Waals surface area (Å²) in [6.45, 7) is -0.0128. The number of aryl methyl sites for hydroxylation is 1. The molecule has 136 valence electrons. The van der Waals surface area contributed by atoms with E-state index in [0.29, 0.717) is 18.1 Å². The molecule has 0 radical (unpaired) electrons. The predicted octanol–water partition coefficient (Wildman–Crippen LogP) is 4.73. The van der Waals surface area contributed by atoms with Gasteiger partial charge in [-0.1, -0.05) is 41.6 Å². The minimum atomic E-state index is -0.338. The highest BCUT2D eigenvalue weighted by Crippen LogP contribution is 2.23. The van der Waals surface area contributed by atoms with Crippen LogP contribution in [0.3, 0.4) is 0 Å². The van der Waals surface area contributed by atoms with Gasteiger partial charge in [0, 0.05) is 12.0 Å². The summed E-state index contributed by atoms with van der Waals surface area (Å²) in [6.07, 6.45) is 0.690. The van der Waals surface area contributed by atoms with Crippen LogP contribution in [0.25, 0.3) is 22.1 Å². The Balaban J connectivity index is 1.26. The van der Waals surface area contributed by atoms with Gasteiger partial charge >= 0.3 is 5.97 Å². The zero-order valence-electron chi connectivity index (χ0n) is 14.3. The topological polar surface area (TPSA) is 78.4 Å². The van der Waals surface area contributed by atoms with Gasteiger partial charge in [-0.25, -0.2) is 0 Å². The van der Waals surface area contributed by atoms with E-state index in [1.165, 1.54) is 11.3 Å². The molecule has 3 heterocycles. The summed E-state index contributed by atoms with van der Waals surface area (Å²) in [6, 6.07) is 17.4. The molecular weight excluding hydrogens is 364 g/mol. The Morgan fingerprint density at radius 3 is 2.78 bits per heavy atom. The number of nitrogens with zero attached hydrogens (tertiary/aromatic N) is 2. The van der Waals surface area contributed by atoms with E-state index < -0.39 is 0 Å². The molecule has 7 heteroatoms. The fraction of sp³-hybridized carbons (Fsp3) is 0.150. The third kappa shape index (κ3) is 4.32. The summed E-state index contributed by atoms with van der Waals surface area (Å²) in [7, 11) is 0. The van der Waals surface area contributed by atoms with E-state index in [1.807, 2.05) is 60.0 Å². The Hall–Kier alpha value is -3.19. The minimum absolute atomic E-state index is 0.0128. The molecule has 3 aromatic heterocycles. The van der Waals surface area contributed by atoms with Gasteiger partial charge in [0.15, 0.2) is 6.61 Å². The van der Waals surface area contributed by atoms with Gasteiger partial charge < -0.3 is 13.7 Å². The molecule has 0 spiro atoms. The van der Waals surface area contributed by atoms with Crippen molar-refractivity contribution in [2.45, 2.75) is 19.4 Å². The molecule has 0 unspecified atom stereocenters. The van der Waals surface area contributed by atoms with Gasteiger partial charge in [-0.2, -0.15) is 4.98 Å². The van der Waals surface area contributed by atoms with Gasteiger partial charge in [0.1, 0.15) is 11.5 Å². The standard InChI is InChI=1S/C20H16N2O4S/c23-19(24-13-18-21-20(26-22-18)17-7-4-12-27-17)11-9-15-8-10-16(25-15)14-5-2-1-3-6-14/h1-8,10,12H,9,11,13H2. The highest BCUT2D eigenvalue weighted by molar-refractivity contribution is 7.13.